The molecule has 2 aromatic heterocycles. The fourth-order valence-electron chi connectivity index (χ4n) is 7.30. The number of pyridine rings is 1. The summed E-state index contributed by atoms with van der Waals surface area (Å²) < 4.78 is 22.8. The van der Waals surface area contributed by atoms with Crippen molar-refractivity contribution >= 4 is 29.5 Å². The van der Waals surface area contributed by atoms with E-state index in [0.717, 1.165) is 57.2 Å². The maximum absolute atomic E-state index is 16.5. The Bertz CT molecular complexity index is 1390. The number of aromatic nitrogens is 3. The van der Waals surface area contributed by atoms with Crippen LogP contribution in [0.3, 0.4) is 0 Å². The number of hydrogen-bond donors (Lipinski definition) is 2. The quantitative estimate of drug-likeness (QED) is 0.450. The summed E-state index contributed by atoms with van der Waals surface area (Å²) in [5, 5.41) is 4.99. The number of fused-ring (bicyclic) bond motifs is 4. The van der Waals surface area contributed by atoms with Crippen molar-refractivity contribution in [2.45, 2.75) is 56.1 Å². The second-order valence-electron chi connectivity index (χ2n) is 12.2. The number of anilines is 1. The van der Waals surface area contributed by atoms with Crippen LogP contribution in [0.15, 0.2) is 30.5 Å². The first-order chi connectivity index (χ1) is 18.8. The van der Waals surface area contributed by atoms with Gasteiger partial charge in [0.05, 0.1) is 24.3 Å². The van der Waals surface area contributed by atoms with E-state index in [2.05, 4.69) is 25.1 Å². The minimum atomic E-state index is -2.42. The number of rotatable bonds is 6. The molecule has 2 atom stereocenters. The van der Waals surface area contributed by atoms with Crippen molar-refractivity contribution in [2.24, 2.45) is 0 Å². The molecule has 0 radical (unpaired) electrons. The monoisotopic (exact) mass is 551 g/mol. The van der Waals surface area contributed by atoms with Crippen LogP contribution in [0.5, 0.6) is 6.01 Å². The molecule has 4 saturated heterocycles. The number of halogens is 1. The average Bonchev–Trinajstić information content (AvgIpc) is 3.60. The van der Waals surface area contributed by atoms with Gasteiger partial charge >= 0.3 is 6.01 Å². The van der Waals surface area contributed by atoms with E-state index in [1.54, 1.807) is 6.20 Å². The Labute approximate surface area is 229 Å². The van der Waals surface area contributed by atoms with Gasteiger partial charge in [0.25, 0.3) is 0 Å². The summed E-state index contributed by atoms with van der Waals surface area (Å²) in [4.78, 5) is 29.9. The second kappa shape index (κ2) is 9.58. The molecule has 0 aliphatic carbocycles. The largest absolute Gasteiger partial charge is 0.461 e. The van der Waals surface area contributed by atoms with Crippen LogP contribution in [0, 0.1) is 5.82 Å². The van der Waals surface area contributed by atoms with Crippen LogP contribution < -0.4 is 20.3 Å². The Morgan fingerprint density at radius 1 is 1.10 bits per heavy atom. The Morgan fingerprint density at radius 2 is 1.82 bits per heavy atom. The van der Waals surface area contributed by atoms with Crippen LogP contribution in [0.4, 0.5) is 10.2 Å². The molecule has 0 spiro atoms. The van der Waals surface area contributed by atoms with E-state index in [4.69, 9.17) is 9.72 Å². The molecule has 1 aromatic carbocycles. The number of piperazine rings is 1. The molecule has 4 fully saturated rings. The highest BCUT2D eigenvalue weighted by Gasteiger charge is 2.45. The van der Waals surface area contributed by atoms with E-state index in [1.807, 2.05) is 37.6 Å². The Balaban J connectivity index is 1.33. The first-order valence-electron chi connectivity index (χ1n) is 14.2. The molecular weight excluding hydrogens is 514 g/mol. The van der Waals surface area contributed by atoms with Gasteiger partial charge in [-0.15, -0.1) is 0 Å². The van der Waals surface area contributed by atoms with Gasteiger partial charge in [-0.25, -0.2) is 9.28 Å². The lowest BCUT2D eigenvalue weighted by molar-refractivity contribution is 0.108. The minimum absolute atomic E-state index is 0.0456. The van der Waals surface area contributed by atoms with Gasteiger partial charge in [0.15, 0.2) is 13.3 Å². The molecular formula is C29H37FN6O2P+. The van der Waals surface area contributed by atoms with E-state index in [-0.39, 0.29) is 22.8 Å². The molecule has 206 valence electrons. The molecule has 4 aliphatic heterocycles. The lowest BCUT2D eigenvalue weighted by atomic mass is 9.95. The highest BCUT2D eigenvalue weighted by molar-refractivity contribution is 7.76. The summed E-state index contributed by atoms with van der Waals surface area (Å²) in [6, 6.07) is 8.45. The van der Waals surface area contributed by atoms with Gasteiger partial charge in [-0.05, 0) is 63.7 Å². The van der Waals surface area contributed by atoms with Crippen molar-refractivity contribution in [1.29, 1.82) is 0 Å². The molecule has 4 aliphatic rings. The van der Waals surface area contributed by atoms with Gasteiger partial charge < -0.3 is 15.0 Å². The Hall–Kier alpha value is -2.45. The highest BCUT2D eigenvalue weighted by atomic mass is 31.2. The third-order valence-electron chi connectivity index (χ3n) is 9.19. The van der Waals surface area contributed by atoms with Crippen LogP contribution in [-0.4, -0.2) is 88.5 Å². The predicted octanol–water partition coefficient (Wildman–Crippen LogP) is 3.59. The summed E-state index contributed by atoms with van der Waals surface area (Å²) in [6.45, 7) is 8.00. The van der Waals surface area contributed by atoms with Crippen molar-refractivity contribution < 1.29 is 14.0 Å². The van der Waals surface area contributed by atoms with Crippen LogP contribution in [0.25, 0.3) is 22.2 Å². The lowest BCUT2D eigenvalue weighted by Crippen LogP contribution is -2.51. The Kier molecular flexibility index (Phi) is 6.27. The number of hydrogen-bond acceptors (Lipinski definition) is 8. The highest BCUT2D eigenvalue weighted by Crippen LogP contribution is 2.47. The summed E-state index contributed by atoms with van der Waals surface area (Å²) in [5.41, 5.74) is 1.07. The average molecular weight is 552 g/mol. The van der Waals surface area contributed by atoms with Gasteiger partial charge in [0.1, 0.15) is 28.9 Å². The molecule has 2 unspecified atom stereocenters. The van der Waals surface area contributed by atoms with Crippen molar-refractivity contribution in [3.05, 3.63) is 36.3 Å². The van der Waals surface area contributed by atoms with E-state index in [1.165, 1.54) is 12.8 Å². The minimum Gasteiger partial charge on any atom is -0.461 e. The van der Waals surface area contributed by atoms with Crippen molar-refractivity contribution in [3.8, 4) is 17.3 Å². The summed E-state index contributed by atoms with van der Waals surface area (Å²) in [5.74, 6) is 0.198. The third kappa shape index (κ3) is 4.48. The smallest absolute Gasteiger partial charge is 0.319 e. The fraction of sp³-hybridized carbons (Fsp3) is 0.552. The first-order valence-corrected chi connectivity index (χ1v) is 16.9. The van der Waals surface area contributed by atoms with Crippen LogP contribution >= 0.6 is 7.49 Å². The van der Waals surface area contributed by atoms with E-state index in [9.17, 15) is 4.89 Å². The third-order valence-corrected chi connectivity index (χ3v) is 10.8. The van der Waals surface area contributed by atoms with Crippen molar-refractivity contribution in [3.63, 3.8) is 0 Å². The predicted molar refractivity (Wildman–Crippen MR) is 154 cm³/mol. The van der Waals surface area contributed by atoms with Crippen LogP contribution in [0.1, 0.15) is 38.5 Å². The number of nitrogens with one attached hydrogen (secondary N) is 1. The molecule has 6 heterocycles. The molecule has 8 nitrogen and oxygen atoms in total. The van der Waals surface area contributed by atoms with Crippen LogP contribution in [0.2, 0.25) is 0 Å². The molecule has 0 saturated carbocycles. The molecule has 39 heavy (non-hydrogen) atoms. The Morgan fingerprint density at radius 3 is 2.54 bits per heavy atom. The fourth-order valence-corrected chi connectivity index (χ4v) is 8.52. The van der Waals surface area contributed by atoms with Crippen molar-refractivity contribution in [1.82, 2.24) is 25.2 Å². The number of ether oxygens (including phenoxy) is 1. The molecule has 0 amide bonds. The topological polar surface area (TPSA) is 86.6 Å². The summed E-state index contributed by atoms with van der Waals surface area (Å²) in [7, 11) is -2.42. The van der Waals surface area contributed by atoms with Crippen LogP contribution in [-0.2, 0) is 0 Å². The standard InChI is InChI=1S/C29H37FN6O2P/c1-39(2,37)23-8-4-3-7-21(23)25-24(30)26-22(15-31-25)27(35-16-19-9-10-20(17-35)32-19)34-28(33-26)38-18-29-11-5-13-36(29)14-6-12-29/h3-4,7-8,15,19-20,32,37H,5-6,9-14,16-18H2,1-2H3/q+1. The number of nitrogens with zero attached hydrogens (tertiary/aromatic N) is 5. The van der Waals surface area contributed by atoms with Gasteiger partial charge in [-0.2, -0.15) is 9.97 Å². The SMILES string of the molecule is C[P+](C)(O)c1ccccc1-c1ncc2c(N3CC4CCC(C3)N4)nc(OCC34CCCN3CCC4)nc2c1F. The molecule has 2 bridgehead atoms. The van der Waals surface area contributed by atoms with Gasteiger partial charge in [-0.1, -0.05) is 12.1 Å². The summed E-state index contributed by atoms with van der Waals surface area (Å²) >= 11 is 0. The number of benzene rings is 1. The zero-order valence-electron chi connectivity index (χ0n) is 22.7. The zero-order valence-corrected chi connectivity index (χ0v) is 23.6. The van der Waals surface area contributed by atoms with Gasteiger partial charge in [0, 0.05) is 36.9 Å². The molecule has 7 rings (SSSR count). The van der Waals surface area contributed by atoms with E-state index >= 15 is 4.39 Å². The molecule has 3 aromatic rings. The second-order valence-corrected chi connectivity index (χ2v) is 15.4. The normalized spacial score (nSPS) is 24.5. The maximum Gasteiger partial charge on any atom is 0.319 e. The summed E-state index contributed by atoms with van der Waals surface area (Å²) in [6.07, 6.45) is 8.58. The molecule has 2 N–H and O–H groups in total. The van der Waals surface area contributed by atoms with Gasteiger partial charge in [0.2, 0.25) is 0 Å². The van der Waals surface area contributed by atoms with Crippen molar-refractivity contribution in [2.75, 3.05) is 51.0 Å². The van der Waals surface area contributed by atoms with Gasteiger partial charge in [-0.3, -0.25) is 9.88 Å². The van der Waals surface area contributed by atoms with E-state index in [0.29, 0.717) is 35.5 Å². The zero-order chi connectivity index (χ0) is 26.8. The molecule has 10 heteroatoms. The lowest BCUT2D eigenvalue weighted by Gasteiger charge is -2.34. The maximum atomic E-state index is 16.5. The first kappa shape index (κ1) is 25.5. The van der Waals surface area contributed by atoms with E-state index < -0.39 is 13.3 Å².